The minimum absolute atomic E-state index is 0.0839. The van der Waals surface area contributed by atoms with Gasteiger partial charge in [-0.25, -0.2) is 42.5 Å². The lowest BCUT2D eigenvalue weighted by molar-refractivity contribution is 0.102. The Morgan fingerprint density at radius 3 is 0.818 bits per heavy atom. The average Bonchev–Trinajstić information content (AvgIpc) is 3.19. The lowest BCUT2D eigenvalue weighted by Gasteiger charge is -2.27. The van der Waals surface area contributed by atoms with Gasteiger partial charge in [0, 0.05) is 16.7 Å². The molecule has 0 atom stereocenters. The predicted octanol–water partition coefficient (Wildman–Crippen LogP) is 9.67. The summed E-state index contributed by atoms with van der Waals surface area (Å²) >= 11 is 0. The van der Waals surface area contributed by atoms with Gasteiger partial charge in [0.1, 0.15) is 17.2 Å². The lowest BCUT2D eigenvalue weighted by atomic mass is 9.82. The van der Waals surface area contributed by atoms with Gasteiger partial charge in [-0.1, -0.05) is 80.5 Å². The van der Waals surface area contributed by atoms with E-state index in [1.807, 2.05) is 101 Å². The van der Waals surface area contributed by atoms with Gasteiger partial charge >= 0.3 is 35.5 Å². The van der Waals surface area contributed by atoms with E-state index in [4.69, 9.17) is 28.4 Å². The largest absolute Gasteiger partial charge is 0.513 e. The molecule has 0 radical (unpaired) electrons. The van der Waals surface area contributed by atoms with Crippen LogP contribution in [0.25, 0.3) is 0 Å². The van der Waals surface area contributed by atoms with E-state index in [-0.39, 0.29) is 56.7 Å². The van der Waals surface area contributed by atoms with E-state index in [0.29, 0.717) is 66.8 Å². The molecule has 0 bridgehead atoms. The molecule has 0 aliphatic heterocycles. The zero-order valence-electron chi connectivity index (χ0n) is 42.2. The summed E-state index contributed by atoms with van der Waals surface area (Å²) in [7, 11) is 0. The summed E-state index contributed by atoms with van der Waals surface area (Å²) in [5, 5.41) is 0. The second-order valence-electron chi connectivity index (χ2n) is 19.7. The number of hydrogen-bond donors (Lipinski definition) is 0. The summed E-state index contributed by atoms with van der Waals surface area (Å²) in [6, 6.07) is 5.58. The van der Waals surface area contributed by atoms with Crippen LogP contribution in [-0.2, 0) is 50.1 Å². The first-order valence-corrected chi connectivity index (χ1v) is 22.4. The highest BCUT2D eigenvalue weighted by Crippen LogP contribution is 2.40. The second-order valence-corrected chi connectivity index (χ2v) is 19.7. The van der Waals surface area contributed by atoms with Crippen molar-refractivity contribution in [2.75, 3.05) is 19.8 Å². The molecule has 4 rings (SSSR count). The maximum absolute atomic E-state index is 15.0. The van der Waals surface area contributed by atoms with Crippen LogP contribution in [0.3, 0.4) is 0 Å². The zero-order chi connectivity index (χ0) is 50.0. The molecule has 15 nitrogen and oxygen atoms in total. The van der Waals surface area contributed by atoms with Crippen molar-refractivity contribution in [3.8, 4) is 17.2 Å². The molecule has 0 amide bonds. The van der Waals surface area contributed by atoms with Crippen LogP contribution in [0, 0.1) is 41.5 Å². The van der Waals surface area contributed by atoms with Crippen molar-refractivity contribution in [2.45, 2.75) is 161 Å². The molecule has 0 N–H and O–H groups in total. The van der Waals surface area contributed by atoms with Crippen LogP contribution in [0.4, 0.5) is 14.4 Å². The molecule has 1 heterocycles. The number of aromatic nitrogens is 3. The third-order valence-electron chi connectivity index (χ3n) is 11.7. The number of nitrogens with zero attached hydrogens (tertiary/aromatic N) is 3. The number of carbonyl (C=O) groups is 3. The molecule has 0 aliphatic carbocycles. The van der Waals surface area contributed by atoms with Gasteiger partial charge in [0.15, 0.2) is 0 Å². The first-order valence-electron chi connectivity index (χ1n) is 22.4. The normalized spacial score (nSPS) is 11.9. The monoisotopic (exact) mass is 915 g/mol. The van der Waals surface area contributed by atoms with Crippen LogP contribution >= 0.6 is 0 Å². The highest BCUT2D eigenvalue weighted by Gasteiger charge is 2.31. The summed E-state index contributed by atoms with van der Waals surface area (Å²) in [6.07, 6.45) is -2.71. The SMILES string of the molecule is CCOC(=O)Oc1c(C(C)(C)C)cc(C)c(Cn2c(=O)n(Cc3c(C)cc(C(C)(C)C)c(OC(=O)OCC)c3C)c(=O)n(Cc3c(C)cc(C(C)(C)C)c(OC(=O)OCC)c3C)c2=O)c1C. The maximum atomic E-state index is 15.0. The van der Waals surface area contributed by atoms with Gasteiger partial charge < -0.3 is 28.4 Å². The fourth-order valence-electron chi connectivity index (χ4n) is 8.06. The molecule has 1 aromatic heterocycles. The average molecular weight is 916 g/mol. The summed E-state index contributed by atoms with van der Waals surface area (Å²) in [4.78, 5) is 83.4. The standard InChI is InChI=1S/C51H69N3O12/c1-19-61-46(58)64-40-31(7)34(28(4)22-37(40)49(10,11)12)25-52-43(55)53(26-35-29(5)23-38(50(13,14)15)41(32(35)8)65-47(59)62-20-2)45(57)54(44(52)56)27-36-30(6)24-39(51(16,17)18)42(33(36)9)66-48(60)63-21-3/h22-24H,19-21,25-27H2,1-18H3. The number of carbonyl (C=O) groups excluding carboxylic acids is 3. The molecule has 0 spiro atoms. The molecule has 0 unspecified atom stereocenters. The highest BCUT2D eigenvalue weighted by atomic mass is 16.7. The number of hydrogen-bond acceptors (Lipinski definition) is 12. The van der Waals surface area contributed by atoms with Crippen LogP contribution in [-0.4, -0.2) is 52.0 Å². The Bertz CT molecular complexity index is 2390. The lowest BCUT2D eigenvalue weighted by Crippen LogP contribution is -2.55. The molecule has 15 heteroatoms. The zero-order valence-corrected chi connectivity index (χ0v) is 42.2. The Kier molecular flexibility index (Phi) is 16.0. The molecule has 0 saturated heterocycles. The van der Waals surface area contributed by atoms with E-state index in [1.165, 1.54) is 0 Å². The topological polar surface area (TPSA) is 173 Å². The molecule has 360 valence electrons. The van der Waals surface area contributed by atoms with Gasteiger partial charge in [-0.05, 0) is 129 Å². The van der Waals surface area contributed by atoms with Crippen molar-refractivity contribution >= 4 is 18.5 Å². The number of ether oxygens (including phenoxy) is 6. The Morgan fingerprint density at radius 2 is 0.636 bits per heavy atom. The second kappa shape index (κ2) is 20.2. The van der Waals surface area contributed by atoms with E-state index >= 15 is 0 Å². The van der Waals surface area contributed by atoms with E-state index in [0.717, 1.165) is 13.7 Å². The molecule has 0 fully saturated rings. The Morgan fingerprint density at radius 1 is 0.424 bits per heavy atom. The van der Waals surface area contributed by atoms with Crippen LogP contribution in [0.1, 0.15) is 150 Å². The molecule has 4 aromatic rings. The first kappa shape index (κ1) is 52.5. The third kappa shape index (κ3) is 11.3. The van der Waals surface area contributed by atoms with E-state index in [9.17, 15) is 28.8 Å². The van der Waals surface area contributed by atoms with Crippen molar-refractivity contribution in [1.29, 1.82) is 0 Å². The molecular formula is C51H69N3O12. The summed E-state index contributed by atoms with van der Waals surface area (Å²) in [5.74, 6) is 0.714. The molecule has 0 saturated carbocycles. The van der Waals surface area contributed by atoms with Crippen molar-refractivity contribution in [1.82, 2.24) is 13.7 Å². The highest BCUT2D eigenvalue weighted by molar-refractivity contribution is 5.69. The van der Waals surface area contributed by atoms with Gasteiger partial charge in [-0.3, -0.25) is 0 Å². The van der Waals surface area contributed by atoms with Crippen molar-refractivity contribution < 1.29 is 42.8 Å². The van der Waals surface area contributed by atoms with Gasteiger partial charge in [-0.2, -0.15) is 0 Å². The minimum Gasteiger partial charge on any atom is -0.434 e. The maximum Gasteiger partial charge on any atom is 0.513 e. The van der Waals surface area contributed by atoms with Gasteiger partial charge in [0.2, 0.25) is 0 Å². The molecule has 66 heavy (non-hydrogen) atoms. The van der Waals surface area contributed by atoms with Gasteiger partial charge in [0.05, 0.1) is 39.5 Å². The number of aryl methyl sites for hydroxylation is 3. The predicted molar refractivity (Wildman–Crippen MR) is 253 cm³/mol. The van der Waals surface area contributed by atoms with Crippen molar-refractivity contribution in [2.24, 2.45) is 0 Å². The van der Waals surface area contributed by atoms with E-state index in [1.54, 1.807) is 41.5 Å². The van der Waals surface area contributed by atoms with Crippen LogP contribution in [0.15, 0.2) is 32.6 Å². The summed E-state index contributed by atoms with van der Waals surface area (Å²) in [5.41, 5.74) is 3.10. The quantitative estimate of drug-likeness (QED) is 0.0750. The fraction of sp³-hybridized carbons (Fsp3) is 0.529. The van der Waals surface area contributed by atoms with Crippen LogP contribution in [0.5, 0.6) is 17.2 Å². The van der Waals surface area contributed by atoms with Crippen molar-refractivity contribution in [3.63, 3.8) is 0 Å². The van der Waals surface area contributed by atoms with Crippen LogP contribution < -0.4 is 31.3 Å². The van der Waals surface area contributed by atoms with Crippen molar-refractivity contribution in [3.05, 3.63) is 116 Å². The van der Waals surface area contributed by atoms with E-state index in [2.05, 4.69) is 0 Å². The fourth-order valence-corrected chi connectivity index (χ4v) is 8.06. The van der Waals surface area contributed by atoms with Gasteiger partial charge in [0.25, 0.3) is 0 Å². The Balaban J connectivity index is 2.14. The summed E-state index contributed by atoms with van der Waals surface area (Å²) < 4.78 is 35.9. The summed E-state index contributed by atoms with van der Waals surface area (Å²) in [6.45, 7) is 32.8. The molecular weight excluding hydrogens is 847 g/mol. The minimum atomic E-state index is -0.905. The smallest absolute Gasteiger partial charge is 0.434 e. The Hall–Kier alpha value is -6.12. The third-order valence-corrected chi connectivity index (χ3v) is 11.7. The molecule has 3 aromatic carbocycles. The van der Waals surface area contributed by atoms with Crippen LogP contribution in [0.2, 0.25) is 0 Å². The van der Waals surface area contributed by atoms with Gasteiger partial charge in [-0.15, -0.1) is 0 Å². The molecule has 0 aliphatic rings. The number of benzene rings is 3. The first-order chi connectivity index (χ1) is 30.5. The van der Waals surface area contributed by atoms with E-state index < -0.39 is 51.8 Å². The number of rotatable bonds is 12. The Labute approximate surface area is 387 Å².